The second kappa shape index (κ2) is 7.21. The van der Waals surface area contributed by atoms with Crippen molar-refractivity contribution < 1.29 is 14.3 Å². The molecule has 2 N–H and O–H groups in total. The van der Waals surface area contributed by atoms with Crippen molar-refractivity contribution in [1.82, 2.24) is 4.98 Å². The highest BCUT2D eigenvalue weighted by molar-refractivity contribution is 5.96. The monoisotopic (exact) mass is 327 g/mol. The molecule has 0 saturated carbocycles. The maximum atomic E-state index is 12.1. The molecule has 3 rings (SSSR count). The van der Waals surface area contributed by atoms with Gasteiger partial charge in [0.1, 0.15) is 11.6 Å². The van der Waals surface area contributed by atoms with E-state index >= 15 is 0 Å². The molecule has 1 aliphatic rings. The molecule has 0 unspecified atom stereocenters. The van der Waals surface area contributed by atoms with Crippen molar-refractivity contribution in [2.75, 3.05) is 30.4 Å². The van der Waals surface area contributed by atoms with Crippen LogP contribution in [-0.4, -0.2) is 30.6 Å². The third kappa shape index (κ3) is 3.59. The number of rotatable bonds is 6. The van der Waals surface area contributed by atoms with Gasteiger partial charge in [0, 0.05) is 6.54 Å². The number of anilines is 2. The number of carbonyl (C=O) groups excluding carboxylic acids is 1. The molecule has 6 heteroatoms. The third-order valence-corrected chi connectivity index (χ3v) is 3.90. The predicted molar refractivity (Wildman–Crippen MR) is 92.4 cm³/mol. The fourth-order valence-electron chi connectivity index (χ4n) is 2.56. The molecule has 6 nitrogen and oxygen atoms in total. The van der Waals surface area contributed by atoms with Crippen LogP contribution in [0.4, 0.5) is 11.6 Å². The van der Waals surface area contributed by atoms with Gasteiger partial charge in [-0.05, 0) is 42.7 Å². The molecule has 2 heterocycles. The first-order valence-electron chi connectivity index (χ1n) is 8.09. The molecule has 1 amide bonds. The van der Waals surface area contributed by atoms with Gasteiger partial charge in [-0.1, -0.05) is 19.1 Å². The van der Waals surface area contributed by atoms with E-state index in [0.717, 1.165) is 12.2 Å². The number of nitrogen functional groups attached to an aromatic ring is 1. The number of carbonyl (C=O) groups is 1. The van der Waals surface area contributed by atoms with Crippen LogP contribution in [0.25, 0.3) is 0 Å². The van der Waals surface area contributed by atoms with Gasteiger partial charge in [0.15, 0.2) is 18.2 Å². The molecule has 24 heavy (non-hydrogen) atoms. The maximum Gasteiger partial charge on any atom is 0.266 e. The van der Waals surface area contributed by atoms with E-state index in [1.54, 1.807) is 17.0 Å². The Morgan fingerprint density at radius 2 is 2.04 bits per heavy atom. The Morgan fingerprint density at radius 1 is 1.25 bits per heavy atom. The summed E-state index contributed by atoms with van der Waals surface area (Å²) in [5.74, 6) is 2.15. The third-order valence-electron chi connectivity index (χ3n) is 3.90. The number of fused-ring (bicyclic) bond motifs is 1. The zero-order valence-electron chi connectivity index (χ0n) is 13.7. The lowest BCUT2D eigenvalue weighted by atomic mass is 10.2. The zero-order valence-corrected chi connectivity index (χ0v) is 13.7. The van der Waals surface area contributed by atoms with Gasteiger partial charge in [-0.3, -0.25) is 9.69 Å². The minimum absolute atomic E-state index is 0.0257. The molecule has 126 valence electrons. The summed E-state index contributed by atoms with van der Waals surface area (Å²) in [6.07, 6.45) is 1.70. The number of aryl methyl sites for hydroxylation is 1. The minimum Gasteiger partial charge on any atom is -0.494 e. The highest BCUT2D eigenvalue weighted by atomic mass is 16.5. The van der Waals surface area contributed by atoms with E-state index in [9.17, 15) is 4.79 Å². The van der Waals surface area contributed by atoms with Crippen LogP contribution in [0.15, 0.2) is 36.4 Å². The summed E-state index contributed by atoms with van der Waals surface area (Å²) < 4.78 is 11.1. The summed E-state index contributed by atoms with van der Waals surface area (Å²) in [4.78, 5) is 17.9. The predicted octanol–water partition coefficient (Wildman–Crippen LogP) is 2.42. The SMILES string of the molecule is CCc1ccc(OCCCN2C(=O)COc3ccc(N)nc32)cc1. The fourth-order valence-corrected chi connectivity index (χ4v) is 2.56. The molecule has 0 spiro atoms. The number of hydrogen-bond donors (Lipinski definition) is 1. The van der Waals surface area contributed by atoms with Crippen molar-refractivity contribution in [2.24, 2.45) is 0 Å². The summed E-state index contributed by atoms with van der Waals surface area (Å²) in [7, 11) is 0. The lowest BCUT2D eigenvalue weighted by molar-refractivity contribution is -0.121. The number of nitrogens with zero attached hydrogens (tertiary/aromatic N) is 2. The molecule has 0 fully saturated rings. The van der Waals surface area contributed by atoms with Crippen molar-refractivity contribution in [3.8, 4) is 11.5 Å². The molecule has 1 aliphatic heterocycles. The Hall–Kier alpha value is -2.76. The van der Waals surface area contributed by atoms with Gasteiger partial charge in [0.2, 0.25) is 0 Å². The topological polar surface area (TPSA) is 77.7 Å². The standard InChI is InChI=1S/C18H21N3O3/c1-2-13-4-6-14(7-5-13)23-11-3-10-21-17(22)12-24-15-8-9-16(19)20-18(15)21/h4-9H,2-3,10-12H2,1H3,(H2,19,20). The molecule has 0 saturated heterocycles. The summed E-state index contributed by atoms with van der Waals surface area (Å²) in [5.41, 5.74) is 6.99. The van der Waals surface area contributed by atoms with Gasteiger partial charge >= 0.3 is 0 Å². The molecule has 0 radical (unpaired) electrons. The lowest BCUT2D eigenvalue weighted by Crippen LogP contribution is -2.40. The van der Waals surface area contributed by atoms with Crippen LogP contribution in [0.5, 0.6) is 11.5 Å². The van der Waals surface area contributed by atoms with Crippen LogP contribution in [0, 0.1) is 0 Å². The van der Waals surface area contributed by atoms with Gasteiger partial charge in [0.05, 0.1) is 6.61 Å². The van der Waals surface area contributed by atoms with E-state index in [4.69, 9.17) is 15.2 Å². The maximum absolute atomic E-state index is 12.1. The number of benzene rings is 1. The number of pyridine rings is 1. The molecular formula is C18H21N3O3. The number of aromatic nitrogens is 1. The average Bonchev–Trinajstić information content (AvgIpc) is 2.60. The second-order valence-corrected chi connectivity index (χ2v) is 5.59. The first-order chi connectivity index (χ1) is 11.7. The van der Waals surface area contributed by atoms with Crippen LogP contribution in [0.2, 0.25) is 0 Å². The smallest absolute Gasteiger partial charge is 0.266 e. The zero-order chi connectivity index (χ0) is 16.9. The Balaban J connectivity index is 1.56. The van der Waals surface area contributed by atoms with Crippen molar-refractivity contribution in [1.29, 1.82) is 0 Å². The average molecular weight is 327 g/mol. The van der Waals surface area contributed by atoms with E-state index in [-0.39, 0.29) is 12.5 Å². The summed E-state index contributed by atoms with van der Waals surface area (Å²) in [6, 6.07) is 11.5. The van der Waals surface area contributed by atoms with Crippen LogP contribution in [0.3, 0.4) is 0 Å². The van der Waals surface area contributed by atoms with Gasteiger partial charge < -0.3 is 15.2 Å². The van der Waals surface area contributed by atoms with Crippen LogP contribution in [-0.2, 0) is 11.2 Å². The molecule has 0 bridgehead atoms. The van der Waals surface area contributed by atoms with Crippen molar-refractivity contribution >= 4 is 17.5 Å². The number of nitrogens with two attached hydrogens (primary N) is 1. The Bertz CT molecular complexity index is 716. The molecular weight excluding hydrogens is 306 g/mol. The summed E-state index contributed by atoms with van der Waals surface area (Å²) in [5, 5.41) is 0. The normalized spacial score (nSPS) is 13.4. The summed E-state index contributed by atoms with van der Waals surface area (Å²) >= 11 is 0. The van der Waals surface area contributed by atoms with Gasteiger partial charge in [-0.15, -0.1) is 0 Å². The molecule has 1 aromatic carbocycles. The van der Waals surface area contributed by atoms with Crippen molar-refractivity contribution in [3.05, 3.63) is 42.0 Å². The Kier molecular flexibility index (Phi) is 4.84. The molecule has 0 atom stereocenters. The highest BCUT2D eigenvalue weighted by Gasteiger charge is 2.26. The van der Waals surface area contributed by atoms with E-state index in [2.05, 4.69) is 24.0 Å². The second-order valence-electron chi connectivity index (χ2n) is 5.59. The molecule has 0 aliphatic carbocycles. The van der Waals surface area contributed by atoms with Crippen molar-refractivity contribution in [2.45, 2.75) is 19.8 Å². The van der Waals surface area contributed by atoms with Crippen LogP contribution < -0.4 is 20.1 Å². The Labute approximate surface area is 141 Å². The fraction of sp³-hybridized carbons (Fsp3) is 0.333. The van der Waals surface area contributed by atoms with Gasteiger partial charge in [-0.25, -0.2) is 4.98 Å². The molecule has 2 aromatic rings. The first-order valence-corrected chi connectivity index (χ1v) is 8.09. The van der Waals surface area contributed by atoms with Crippen LogP contribution >= 0.6 is 0 Å². The van der Waals surface area contributed by atoms with E-state index < -0.39 is 0 Å². The first kappa shape index (κ1) is 16.1. The number of hydrogen-bond acceptors (Lipinski definition) is 5. The van der Waals surface area contributed by atoms with Crippen LogP contribution in [0.1, 0.15) is 18.9 Å². The van der Waals surface area contributed by atoms with Gasteiger partial charge in [-0.2, -0.15) is 0 Å². The lowest BCUT2D eigenvalue weighted by Gasteiger charge is -2.28. The number of amides is 1. The van der Waals surface area contributed by atoms with E-state index in [1.807, 2.05) is 12.1 Å². The number of ether oxygens (including phenoxy) is 2. The molecule has 1 aromatic heterocycles. The highest BCUT2D eigenvalue weighted by Crippen LogP contribution is 2.30. The van der Waals surface area contributed by atoms with E-state index in [1.165, 1.54) is 5.56 Å². The quantitative estimate of drug-likeness (QED) is 0.825. The van der Waals surface area contributed by atoms with E-state index in [0.29, 0.717) is 37.0 Å². The minimum atomic E-state index is -0.118. The Morgan fingerprint density at radius 3 is 2.79 bits per heavy atom. The summed E-state index contributed by atoms with van der Waals surface area (Å²) in [6.45, 7) is 3.18. The van der Waals surface area contributed by atoms with Gasteiger partial charge in [0.25, 0.3) is 5.91 Å². The van der Waals surface area contributed by atoms with Crippen molar-refractivity contribution in [3.63, 3.8) is 0 Å². The largest absolute Gasteiger partial charge is 0.494 e.